The van der Waals surface area contributed by atoms with Crippen molar-refractivity contribution in [1.29, 1.82) is 5.26 Å². The molecule has 0 amide bonds. The minimum Gasteiger partial charge on any atom is -0.497 e. The molecule has 4 rings (SSSR count). The molecule has 3 nitrogen and oxygen atoms in total. The first-order valence-electron chi connectivity index (χ1n) is 8.92. The fourth-order valence-corrected chi connectivity index (χ4v) is 3.52. The van der Waals surface area contributed by atoms with Gasteiger partial charge in [0.25, 0.3) is 0 Å². The van der Waals surface area contributed by atoms with Gasteiger partial charge in [-0.05, 0) is 47.0 Å². The van der Waals surface area contributed by atoms with E-state index in [1.54, 1.807) is 19.2 Å². The summed E-state index contributed by atoms with van der Waals surface area (Å²) in [6.07, 6.45) is 1.75. The van der Waals surface area contributed by atoms with Crippen molar-refractivity contribution in [2.45, 2.75) is 11.7 Å². The maximum Gasteiger partial charge on any atom is 0.144 e. The molecule has 1 fully saturated rings. The van der Waals surface area contributed by atoms with Crippen LogP contribution in [0, 0.1) is 11.3 Å². The first kappa shape index (κ1) is 18.3. The van der Waals surface area contributed by atoms with Gasteiger partial charge in [0.15, 0.2) is 0 Å². The van der Waals surface area contributed by atoms with Gasteiger partial charge in [0.2, 0.25) is 0 Å². The summed E-state index contributed by atoms with van der Waals surface area (Å²) in [5, 5.41) is 10.4. The zero-order chi connectivity index (χ0) is 19.6. The van der Waals surface area contributed by atoms with Crippen LogP contribution in [0.1, 0.15) is 22.8 Å². The average Bonchev–Trinajstić information content (AvgIpc) is 3.49. The highest BCUT2D eigenvalue weighted by Gasteiger charge is 2.57. The molecular formula is C24H18ClNO2. The third kappa shape index (κ3) is 3.41. The summed E-state index contributed by atoms with van der Waals surface area (Å²) in [6.45, 7) is 0. The number of epoxide rings is 1. The van der Waals surface area contributed by atoms with Crippen LogP contribution in [0.3, 0.4) is 0 Å². The van der Waals surface area contributed by atoms with E-state index in [2.05, 4.69) is 6.07 Å². The molecule has 0 aliphatic carbocycles. The SMILES string of the molecule is COc1ccc([C@H]2O[C@@]2(/C=C(\C#N)c2ccc(Cl)cc2)c2ccccc2)cc1. The van der Waals surface area contributed by atoms with E-state index >= 15 is 0 Å². The third-order valence-corrected chi connectivity index (χ3v) is 5.18. The van der Waals surface area contributed by atoms with Crippen molar-refractivity contribution in [2.24, 2.45) is 0 Å². The Bertz CT molecular complexity index is 1040. The first-order valence-corrected chi connectivity index (χ1v) is 9.30. The quantitative estimate of drug-likeness (QED) is 0.403. The van der Waals surface area contributed by atoms with Gasteiger partial charge in [0.05, 0.1) is 18.8 Å². The molecule has 3 aromatic rings. The van der Waals surface area contributed by atoms with Gasteiger partial charge in [-0.2, -0.15) is 5.26 Å². The van der Waals surface area contributed by atoms with Gasteiger partial charge in [0, 0.05) is 5.02 Å². The number of methoxy groups -OCH3 is 1. The van der Waals surface area contributed by atoms with E-state index in [1.807, 2.05) is 72.8 Å². The predicted molar refractivity (Wildman–Crippen MR) is 110 cm³/mol. The summed E-state index contributed by atoms with van der Waals surface area (Å²) in [6, 6.07) is 27.4. The Kier molecular flexibility index (Phi) is 4.92. The number of nitriles is 1. The van der Waals surface area contributed by atoms with Crippen molar-refractivity contribution in [3.8, 4) is 11.8 Å². The van der Waals surface area contributed by atoms with Crippen molar-refractivity contribution >= 4 is 17.2 Å². The molecule has 0 unspecified atom stereocenters. The Balaban J connectivity index is 1.77. The van der Waals surface area contributed by atoms with Crippen LogP contribution < -0.4 is 4.74 Å². The molecule has 4 heteroatoms. The summed E-state index contributed by atoms with van der Waals surface area (Å²) in [5.74, 6) is 0.795. The van der Waals surface area contributed by atoms with E-state index < -0.39 is 5.60 Å². The molecule has 0 aromatic heterocycles. The fraction of sp³-hybridized carbons (Fsp3) is 0.125. The lowest BCUT2D eigenvalue weighted by Crippen LogP contribution is -2.07. The zero-order valence-electron chi connectivity index (χ0n) is 15.3. The van der Waals surface area contributed by atoms with Crippen molar-refractivity contribution in [1.82, 2.24) is 0 Å². The summed E-state index contributed by atoms with van der Waals surface area (Å²) in [5.41, 5.74) is 2.73. The molecular weight excluding hydrogens is 370 g/mol. The van der Waals surface area contributed by atoms with Gasteiger partial charge in [-0.3, -0.25) is 0 Å². The van der Waals surface area contributed by atoms with E-state index in [1.165, 1.54) is 0 Å². The van der Waals surface area contributed by atoms with E-state index in [0.29, 0.717) is 10.6 Å². The van der Waals surface area contributed by atoms with Crippen molar-refractivity contribution in [3.63, 3.8) is 0 Å². The summed E-state index contributed by atoms with van der Waals surface area (Å²) in [4.78, 5) is 0. The molecule has 138 valence electrons. The molecule has 1 saturated heterocycles. The van der Waals surface area contributed by atoms with Gasteiger partial charge in [-0.1, -0.05) is 66.2 Å². The van der Waals surface area contributed by atoms with Gasteiger partial charge in [0.1, 0.15) is 17.5 Å². The van der Waals surface area contributed by atoms with Crippen molar-refractivity contribution in [3.05, 3.63) is 107 Å². The Hall–Kier alpha value is -3.06. The van der Waals surface area contributed by atoms with Crippen molar-refractivity contribution < 1.29 is 9.47 Å². The van der Waals surface area contributed by atoms with E-state index in [9.17, 15) is 5.26 Å². The van der Waals surface area contributed by atoms with Gasteiger partial charge in [-0.25, -0.2) is 0 Å². The minimum atomic E-state index is -0.680. The van der Waals surface area contributed by atoms with E-state index in [4.69, 9.17) is 21.1 Å². The summed E-state index contributed by atoms with van der Waals surface area (Å²) < 4.78 is 11.5. The molecule has 0 bridgehead atoms. The van der Waals surface area contributed by atoms with Crippen LogP contribution in [0.5, 0.6) is 5.75 Å². The largest absolute Gasteiger partial charge is 0.497 e. The summed E-state index contributed by atoms with van der Waals surface area (Å²) >= 11 is 5.99. The normalized spacial score (nSPS) is 21.0. The maximum atomic E-state index is 9.79. The van der Waals surface area contributed by atoms with Crippen LogP contribution in [0.15, 0.2) is 84.9 Å². The number of allylic oxidation sites excluding steroid dienone is 1. The fourth-order valence-electron chi connectivity index (χ4n) is 3.39. The van der Waals surface area contributed by atoms with Gasteiger partial charge >= 0.3 is 0 Å². The van der Waals surface area contributed by atoms with Gasteiger partial charge in [-0.15, -0.1) is 0 Å². The number of hydrogen-bond acceptors (Lipinski definition) is 3. The number of nitrogens with zero attached hydrogens (tertiary/aromatic N) is 1. The van der Waals surface area contributed by atoms with E-state index in [0.717, 1.165) is 22.4 Å². The molecule has 28 heavy (non-hydrogen) atoms. The number of rotatable bonds is 5. The highest BCUT2D eigenvalue weighted by molar-refractivity contribution is 6.30. The van der Waals surface area contributed by atoms with Crippen molar-refractivity contribution in [2.75, 3.05) is 7.11 Å². The standard InChI is InChI=1S/C24H18ClNO2/c1-27-22-13-9-18(10-14-22)23-24(28-23,20-5-3-2-4-6-20)15-19(16-26)17-7-11-21(25)12-8-17/h2-15,23H,1H3/b19-15+/t23-,24+/m1/s1. The topological polar surface area (TPSA) is 45.5 Å². The van der Waals surface area contributed by atoms with Crippen LogP contribution in [-0.4, -0.2) is 7.11 Å². The number of halogens is 1. The Morgan fingerprint density at radius 3 is 2.32 bits per heavy atom. The monoisotopic (exact) mass is 387 g/mol. The second-order valence-corrected chi connectivity index (χ2v) is 7.04. The molecule has 1 aliphatic heterocycles. The average molecular weight is 388 g/mol. The summed E-state index contributed by atoms with van der Waals surface area (Å²) in [7, 11) is 1.64. The lowest BCUT2D eigenvalue weighted by molar-refractivity contribution is 0.335. The molecule has 3 aromatic carbocycles. The highest BCUT2D eigenvalue weighted by Crippen LogP contribution is 2.59. The Morgan fingerprint density at radius 2 is 1.71 bits per heavy atom. The second-order valence-electron chi connectivity index (χ2n) is 6.61. The smallest absolute Gasteiger partial charge is 0.144 e. The highest BCUT2D eigenvalue weighted by atomic mass is 35.5. The van der Waals surface area contributed by atoms with E-state index in [-0.39, 0.29) is 6.10 Å². The zero-order valence-corrected chi connectivity index (χ0v) is 16.1. The molecule has 0 radical (unpaired) electrons. The van der Waals surface area contributed by atoms with Crippen LogP contribution in [-0.2, 0) is 10.3 Å². The molecule has 0 saturated carbocycles. The van der Waals surface area contributed by atoms with Crippen LogP contribution in [0.25, 0.3) is 5.57 Å². The van der Waals surface area contributed by atoms with Crippen LogP contribution >= 0.6 is 11.6 Å². The molecule has 2 atom stereocenters. The van der Waals surface area contributed by atoms with Crippen LogP contribution in [0.4, 0.5) is 0 Å². The predicted octanol–water partition coefficient (Wildman–Crippen LogP) is 5.92. The lowest BCUT2D eigenvalue weighted by atomic mass is 9.88. The second kappa shape index (κ2) is 7.52. The molecule has 0 N–H and O–H groups in total. The number of ether oxygens (including phenoxy) is 2. The van der Waals surface area contributed by atoms with Gasteiger partial charge < -0.3 is 9.47 Å². The minimum absolute atomic E-state index is 0.170. The number of benzene rings is 3. The molecule has 1 heterocycles. The van der Waals surface area contributed by atoms with Crippen LogP contribution in [0.2, 0.25) is 5.02 Å². The first-order chi connectivity index (χ1) is 13.7. The third-order valence-electron chi connectivity index (χ3n) is 4.92. The molecule has 1 aliphatic rings. The lowest BCUT2D eigenvalue weighted by Gasteiger charge is -2.11. The Morgan fingerprint density at radius 1 is 1.04 bits per heavy atom. The Labute approximate surface area is 169 Å². The molecule has 0 spiro atoms. The maximum absolute atomic E-state index is 9.79. The number of hydrogen-bond donors (Lipinski definition) is 0.